The highest BCUT2D eigenvalue weighted by Gasteiger charge is 2.44. The Hall–Kier alpha value is -2.95. The summed E-state index contributed by atoms with van der Waals surface area (Å²) in [5.74, 6) is 1.27. The fraction of sp³-hybridized carbons (Fsp3) is 0.480. The van der Waals surface area contributed by atoms with Gasteiger partial charge in [0.05, 0.1) is 6.61 Å². The first-order chi connectivity index (χ1) is 18.8. The van der Waals surface area contributed by atoms with Gasteiger partial charge in [-0.2, -0.15) is 5.09 Å². The SMILES string of the molecule is C#C[C@@](O)([C@H](O)[C@@H](COP(=O)(N[C@@H](C)C(=O)OC(CC)CC)Oc1ccc(Cl)cc1)OC)n1ccc(=O)[nH]c1=O. The molecule has 220 valence electrons. The van der Waals surface area contributed by atoms with Crippen LogP contribution in [0.2, 0.25) is 5.02 Å². The van der Waals surface area contributed by atoms with Crippen molar-refractivity contribution in [3.05, 3.63) is 62.4 Å². The Kier molecular flexibility index (Phi) is 12.2. The molecule has 0 saturated carbocycles. The molecule has 1 aromatic carbocycles. The van der Waals surface area contributed by atoms with E-state index in [1.165, 1.54) is 31.2 Å². The van der Waals surface area contributed by atoms with Crippen molar-refractivity contribution in [2.75, 3.05) is 13.7 Å². The van der Waals surface area contributed by atoms with Gasteiger partial charge in [0.2, 0.25) is 5.72 Å². The fourth-order valence-electron chi connectivity index (χ4n) is 3.44. The maximum absolute atomic E-state index is 13.8. The van der Waals surface area contributed by atoms with Crippen molar-refractivity contribution >= 4 is 25.3 Å². The van der Waals surface area contributed by atoms with E-state index in [4.69, 9.17) is 36.5 Å². The zero-order chi connectivity index (χ0) is 30.1. The second-order valence-corrected chi connectivity index (χ2v) is 10.8. The number of hydrogen-bond acceptors (Lipinski definition) is 10. The van der Waals surface area contributed by atoms with Crippen molar-refractivity contribution in [2.45, 2.75) is 63.7 Å². The Morgan fingerprint density at radius 1 is 1.25 bits per heavy atom. The standard InChI is InChI=1S/C25H33ClN3O10P/c1-6-18(7-2)38-23(32)16(4)28-40(35,39-19-11-9-17(26)10-12-19)37-15-20(36-5)22(31)25(34,8-3)29-14-13-21(30)27-24(29)33/h3,9-14,16,18,20,22,31,34H,6-7,15H2,1-2,4-5H3,(H,28,35)(H,27,30,33)/t16-,20+,22+,25+,40?/m0/s1. The van der Waals surface area contributed by atoms with Crippen molar-refractivity contribution in [1.82, 2.24) is 14.6 Å². The van der Waals surface area contributed by atoms with E-state index in [1.807, 2.05) is 24.8 Å². The summed E-state index contributed by atoms with van der Waals surface area (Å²) in [7, 11) is -3.28. The monoisotopic (exact) mass is 601 g/mol. The normalized spacial score (nSPS) is 16.7. The summed E-state index contributed by atoms with van der Waals surface area (Å²) in [6.07, 6.45) is 3.58. The highest BCUT2D eigenvalue weighted by atomic mass is 35.5. The van der Waals surface area contributed by atoms with Gasteiger partial charge < -0.3 is 24.2 Å². The van der Waals surface area contributed by atoms with E-state index in [2.05, 4.69) is 5.09 Å². The second kappa shape index (κ2) is 14.6. The van der Waals surface area contributed by atoms with Gasteiger partial charge in [-0.15, -0.1) is 6.42 Å². The zero-order valence-electron chi connectivity index (χ0n) is 22.4. The maximum atomic E-state index is 13.8. The van der Waals surface area contributed by atoms with Crippen molar-refractivity contribution in [3.63, 3.8) is 0 Å². The van der Waals surface area contributed by atoms with Gasteiger partial charge in [0.25, 0.3) is 5.56 Å². The molecule has 1 unspecified atom stereocenters. The lowest BCUT2D eigenvalue weighted by molar-refractivity contribution is -0.154. The van der Waals surface area contributed by atoms with Crippen LogP contribution < -0.4 is 20.9 Å². The van der Waals surface area contributed by atoms with Gasteiger partial charge in [-0.1, -0.05) is 25.4 Å². The second-order valence-electron chi connectivity index (χ2n) is 8.63. The van der Waals surface area contributed by atoms with E-state index in [-0.39, 0.29) is 11.9 Å². The number of aromatic nitrogens is 2. The van der Waals surface area contributed by atoms with Gasteiger partial charge in [-0.3, -0.25) is 23.7 Å². The molecule has 15 heteroatoms. The summed E-state index contributed by atoms with van der Waals surface area (Å²) >= 11 is 5.91. The molecule has 40 heavy (non-hydrogen) atoms. The van der Waals surface area contributed by atoms with Crippen LogP contribution in [0.15, 0.2) is 46.1 Å². The third kappa shape index (κ3) is 8.52. The van der Waals surface area contributed by atoms with Crippen LogP contribution in [0, 0.1) is 12.3 Å². The number of nitrogens with one attached hydrogen (secondary N) is 2. The topological polar surface area (TPSA) is 178 Å². The van der Waals surface area contributed by atoms with Gasteiger partial charge >= 0.3 is 19.4 Å². The molecular weight excluding hydrogens is 569 g/mol. The van der Waals surface area contributed by atoms with Crippen molar-refractivity contribution < 1.29 is 38.1 Å². The van der Waals surface area contributed by atoms with Crippen molar-refractivity contribution in [3.8, 4) is 18.1 Å². The van der Waals surface area contributed by atoms with Crippen LogP contribution in [0.5, 0.6) is 5.75 Å². The number of ether oxygens (including phenoxy) is 2. The van der Waals surface area contributed by atoms with E-state index in [1.54, 1.807) is 0 Å². The number of carbonyl (C=O) groups is 1. The number of nitrogens with zero attached hydrogens (tertiary/aromatic N) is 1. The molecule has 5 atom stereocenters. The number of rotatable bonds is 15. The molecule has 2 rings (SSSR count). The summed E-state index contributed by atoms with van der Waals surface area (Å²) in [4.78, 5) is 38.2. The molecule has 0 bridgehead atoms. The minimum atomic E-state index is -4.42. The van der Waals surface area contributed by atoms with Crippen LogP contribution in [-0.4, -0.2) is 63.8 Å². The maximum Gasteiger partial charge on any atom is 0.459 e. The number of esters is 1. The van der Waals surface area contributed by atoms with Gasteiger partial charge in [0, 0.05) is 24.4 Å². The van der Waals surface area contributed by atoms with E-state index in [0.717, 1.165) is 19.4 Å². The van der Waals surface area contributed by atoms with Gasteiger partial charge in [0.15, 0.2) is 0 Å². The number of carbonyl (C=O) groups excluding carboxylic acids is 1. The predicted octanol–water partition coefficient (Wildman–Crippen LogP) is 1.76. The first-order valence-corrected chi connectivity index (χ1v) is 14.2. The van der Waals surface area contributed by atoms with E-state index in [9.17, 15) is 29.2 Å². The number of hydrogen-bond donors (Lipinski definition) is 4. The Labute approximate surface area is 236 Å². The number of aromatic amines is 1. The summed E-state index contributed by atoms with van der Waals surface area (Å²) in [6.45, 7) is 4.39. The predicted molar refractivity (Wildman–Crippen MR) is 146 cm³/mol. The molecule has 0 amide bonds. The minimum Gasteiger partial charge on any atom is -0.461 e. The molecule has 0 aliphatic carbocycles. The number of benzene rings is 1. The number of halogens is 1. The van der Waals surface area contributed by atoms with Crippen LogP contribution in [-0.2, 0) is 29.1 Å². The molecule has 1 aromatic heterocycles. The number of terminal acetylenes is 1. The molecule has 0 fully saturated rings. The number of aliphatic hydroxyl groups excluding tert-OH is 1. The quantitative estimate of drug-likeness (QED) is 0.133. The lowest BCUT2D eigenvalue weighted by Crippen LogP contribution is -2.56. The zero-order valence-corrected chi connectivity index (χ0v) is 24.1. The molecule has 2 aromatic rings. The lowest BCUT2D eigenvalue weighted by atomic mass is 10.0. The van der Waals surface area contributed by atoms with Crippen LogP contribution in [0.25, 0.3) is 0 Å². The van der Waals surface area contributed by atoms with E-state index < -0.39 is 55.5 Å². The highest BCUT2D eigenvalue weighted by molar-refractivity contribution is 7.52. The molecule has 13 nitrogen and oxygen atoms in total. The van der Waals surface area contributed by atoms with Gasteiger partial charge in [-0.05, 0) is 50.0 Å². The summed E-state index contributed by atoms with van der Waals surface area (Å²) in [5.41, 5.74) is -4.58. The molecule has 1 heterocycles. The van der Waals surface area contributed by atoms with Crippen LogP contribution in [0.3, 0.4) is 0 Å². The lowest BCUT2D eigenvalue weighted by Gasteiger charge is -2.34. The first kappa shape index (κ1) is 33.3. The molecule has 0 spiro atoms. The Balaban J connectivity index is 2.33. The number of aliphatic hydroxyl groups is 2. The third-order valence-electron chi connectivity index (χ3n) is 5.82. The average Bonchev–Trinajstić information content (AvgIpc) is 2.92. The Morgan fingerprint density at radius 3 is 2.40 bits per heavy atom. The fourth-order valence-corrected chi connectivity index (χ4v) is 5.07. The first-order valence-electron chi connectivity index (χ1n) is 12.2. The van der Waals surface area contributed by atoms with Crippen molar-refractivity contribution in [2.24, 2.45) is 0 Å². The highest BCUT2D eigenvalue weighted by Crippen LogP contribution is 2.45. The summed E-state index contributed by atoms with van der Waals surface area (Å²) in [5, 5.41) is 24.8. The molecular formula is C25H33ClN3O10P. The van der Waals surface area contributed by atoms with E-state index in [0.29, 0.717) is 22.4 Å². The third-order valence-corrected chi connectivity index (χ3v) is 7.71. The molecule has 0 aliphatic heterocycles. The van der Waals surface area contributed by atoms with Gasteiger partial charge in [-0.25, -0.2) is 9.36 Å². The number of methoxy groups -OCH3 is 1. The molecule has 4 N–H and O–H groups in total. The summed E-state index contributed by atoms with van der Waals surface area (Å²) < 4.78 is 36.0. The molecule has 0 aliphatic rings. The molecule has 0 radical (unpaired) electrons. The summed E-state index contributed by atoms with van der Waals surface area (Å²) in [6, 6.07) is 5.53. The number of H-pyrrole nitrogens is 1. The minimum absolute atomic E-state index is 0.0650. The molecule has 0 saturated heterocycles. The van der Waals surface area contributed by atoms with Gasteiger partial charge in [0.1, 0.15) is 30.1 Å². The van der Waals surface area contributed by atoms with E-state index >= 15 is 0 Å². The van der Waals surface area contributed by atoms with Crippen molar-refractivity contribution in [1.29, 1.82) is 0 Å². The average molecular weight is 602 g/mol. The van der Waals surface area contributed by atoms with Crippen LogP contribution in [0.1, 0.15) is 33.6 Å². The smallest absolute Gasteiger partial charge is 0.459 e. The van der Waals surface area contributed by atoms with Crippen LogP contribution in [0.4, 0.5) is 0 Å². The Morgan fingerprint density at radius 2 is 1.88 bits per heavy atom. The van der Waals surface area contributed by atoms with Crippen LogP contribution >= 0.6 is 19.3 Å². The largest absolute Gasteiger partial charge is 0.461 e. The Bertz CT molecular complexity index is 1340.